The van der Waals surface area contributed by atoms with E-state index in [1.165, 1.54) is 25.7 Å². The Labute approximate surface area is 135 Å². The minimum Gasteiger partial charge on any atom is -0.367 e. The monoisotopic (exact) mass is 305 g/mol. The van der Waals surface area contributed by atoms with Gasteiger partial charge in [0.05, 0.1) is 6.61 Å². The molecule has 0 atom stereocenters. The first kappa shape index (κ1) is 18.7. The van der Waals surface area contributed by atoms with Gasteiger partial charge in [-0.3, -0.25) is 4.79 Å². The molecule has 1 N–H and O–H groups in total. The van der Waals surface area contributed by atoms with Crippen molar-refractivity contribution in [2.75, 3.05) is 13.2 Å². The Morgan fingerprint density at radius 2 is 1.73 bits per heavy atom. The number of hydrogen-bond acceptors (Lipinski definition) is 2. The van der Waals surface area contributed by atoms with Crippen molar-refractivity contribution in [1.82, 2.24) is 5.32 Å². The van der Waals surface area contributed by atoms with Gasteiger partial charge in [-0.2, -0.15) is 0 Å². The van der Waals surface area contributed by atoms with Crippen LogP contribution >= 0.6 is 0 Å². The van der Waals surface area contributed by atoms with Gasteiger partial charge < -0.3 is 10.1 Å². The molecule has 0 aromatic heterocycles. The van der Waals surface area contributed by atoms with Crippen LogP contribution in [0.3, 0.4) is 0 Å². The van der Waals surface area contributed by atoms with Gasteiger partial charge in [-0.1, -0.05) is 70.4 Å². The molecule has 0 saturated carbocycles. The van der Waals surface area contributed by atoms with Gasteiger partial charge in [-0.15, -0.1) is 0 Å². The van der Waals surface area contributed by atoms with Crippen molar-refractivity contribution in [3.8, 4) is 0 Å². The Kier molecular flexibility index (Phi) is 8.83. The number of carbonyl (C=O) groups excluding carboxylic acids is 1. The van der Waals surface area contributed by atoms with E-state index < -0.39 is 0 Å². The zero-order valence-electron chi connectivity index (χ0n) is 14.4. The van der Waals surface area contributed by atoms with E-state index >= 15 is 0 Å². The lowest BCUT2D eigenvalue weighted by Crippen LogP contribution is -2.28. The van der Waals surface area contributed by atoms with E-state index in [1.54, 1.807) is 0 Å². The number of rotatable bonds is 10. The van der Waals surface area contributed by atoms with Crippen molar-refractivity contribution in [1.29, 1.82) is 0 Å². The molecule has 1 aromatic carbocycles. The van der Waals surface area contributed by atoms with Gasteiger partial charge in [-0.05, 0) is 23.8 Å². The fourth-order valence-electron chi connectivity index (χ4n) is 2.25. The molecule has 3 heteroatoms. The summed E-state index contributed by atoms with van der Waals surface area (Å²) in [7, 11) is 0. The highest BCUT2D eigenvalue weighted by Gasteiger charge is 2.08. The molecule has 0 bridgehead atoms. The predicted molar refractivity (Wildman–Crippen MR) is 91.6 cm³/mol. The molecule has 0 unspecified atom stereocenters. The van der Waals surface area contributed by atoms with Crippen molar-refractivity contribution < 1.29 is 9.53 Å². The van der Waals surface area contributed by atoms with Crippen LogP contribution in [0.5, 0.6) is 0 Å². The van der Waals surface area contributed by atoms with Crippen LogP contribution in [0.2, 0.25) is 0 Å². The summed E-state index contributed by atoms with van der Waals surface area (Å²) in [6, 6.07) is 9.90. The van der Waals surface area contributed by atoms with Gasteiger partial charge in [0.1, 0.15) is 6.61 Å². The summed E-state index contributed by atoms with van der Waals surface area (Å²) in [6.07, 6.45) is 6.03. The molecule has 0 aliphatic carbocycles. The second-order valence-corrected chi connectivity index (χ2v) is 7.05. The van der Waals surface area contributed by atoms with Crippen LogP contribution in [-0.4, -0.2) is 19.1 Å². The number of amides is 1. The zero-order valence-corrected chi connectivity index (χ0v) is 14.4. The van der Waals surface area contributed by atoms with Crippen LogP contribution in [0.1, 0.15) is 58.4 Å². The molecule has 1 amide bonds. The SMILES string of the molecule is CC(C)(C)CCCCCCNC(=O)COCc1ccccc1. The molecule has 0 spiro atoms. The first-order valence-electron chi connectivity index (χ1n) is 8.36. The molecule has 0 heterocycles. The topological polar surface area (TPSA) is 38.3 Å². The van der Waals surface area contributed by atoms with Crippen LogP contribution in [0.25, 0.3) is 0 Å². The molecule has 1 rings (SSSR count). The molecule has 0 saturated heterocycles. The normalized spacial score (nSPS) is 11.4. The van der Waals surface area contributed by atoms with E-state index in [0.717, 1.165) is 18.5 Å². The third-order valence-electron chi connectivity index (χ3n) is 3.52. The average Bonchev–Trinajstić information content (AvgIpc) is 2.46. The first-order chi connectivity index (χ1) is 10.5. The Bertz CT molecular complexity index is 409. The lowest BCUT2D eigenvalue weighted by atomic mass is 9.89. The number of ether oxygens (including phenoxy) is 1. The van der Waals surface area contributed by atoms with E-state index in [9.17, 15) is 4.79 Å². The third kappa shape index (κ3) is 10.4. The van der Waals surface area contributed by atoms with Crippen molar-refractivity contribution in [2.45, 2.75) is 59.5 Å². The van der Waals surface area contributed by atoms with Crippen LogP contribution in [0.15, 0.2) is 30.3 Å². The van der Waals surface area contributed by atoms with Crippen molar-refractivity contribution in [3.63, 3.8) is 0 Å². The molecule has 0 aliphatic heterocycles. The Hall–Kier alpha value is -1.35. The molecule has 0 aliphatic rings. The van der Waals surface area contributed by atoms with Gasteiger partial charge in [0.15, 0.2) is 0 Å². The summed E-state index contributed by atoms with van der Waals surface area (Å²) in [6.45, 7) is 8.22. The largest absolute Gasteiger partial charge is 0.367 e. The molecule has 0 radical (unpaired) electrons. The Balaban J connectivity index is 1.93. The quantitative estimate of drug-likeness (QED) is 0.654. The highest BCUT2D eigenvalue weighted by atomic mass is 16.5. The third-order valence-corrected chi connectivity index (χ3v) is 3.52. The first-order valence-corrected chi connectivity index (χ1v) is 8.36. The summed E-state index contributed by atoms with van der Waals surface area (Å²) < 4.78 is 5.40. The molecule has 1 aromatic rings. The average molecular weight is 305 g/mol. The molecular weight excluding hydrogens is 274 g/mol. The summed E-state index contributed by atoms with van der Waals surface area (Å²) in [5.74, 6) is -0.0226. The van der Waals surface area contributed by atoms with Crippen LogP contribution in [0.4, 0.5) is 0 Å². The zero-order chi connectivity index (χ0) is 16.3. The lowest BCUT2D eigenvalue weighted by Gasteiger charge is -2.17. The van der Waals surface area contributed by atoms with E-state index in [-0.39, 0.29) is 12.5 Å². The Morgan fingerprint density at radius 1 is 1.05 bits per heavy atom. The van der Waals surface area contributed by atoms with Gasteiger partial charge in [-0.25, -0.2) is 0 Å². The number of nitrogens with one attached hydrogen (secondary N) is 1. The summed E-state index contributed by atoms with van der Waals surface area (Å²) >= 11 is 0. The number of unbranched alkanes of at least 4 members (excludes halogenated alkanes) is 3. The number of carbonyl (C=O) groups is 1. The second-order valence-electron chi connectivity index (χ2n) is 7.05. The van der Waals surface area contributed by atoms with Gasteiger partial charge in [0.25, 0.3) is 0 Å². The maximum absolute atomic E-state index is 11.6. The van der Waals surface area contributed by atoms with Crippen molar-refractivity contribution in [3.05, 3.63) is 35.9 Å². The van der Waals surface area contributed by atoms with E-state index in [1.807, 2.05) is 30.3 Å². The lowest BCUT2D eigenvalue weighted by molar-refractivity contribution is -0.126. The highest BCUT2D eigenvalue weighted by Crippen LogP contribution is 2.22. The summed E-state index contributed by atoms with van der Waals surface area (Å²) in [5, 5.41) is 2.91. The molecule has 124 valence electrons. The van der Waals surface area contributed by atoms with E-state index in [2.05, 4.69) is 26.1 Å². The maximum atomic E-state index is 11.6. The smallest absolute Gasteiger partial charge is 0.246 e. The van der Waals surface area contributed by atoms with Crippen molar-refractivity contribution >= 4 is 5.91 Å². The van der Waals surface area contributed by atoms with Gasteiger partial charge in [0.2, 0.25) is 5.91 Å². The fourth-order valence-corrected chi connectivity index (χ4v) is 2.25. The van der Waals surface area contributed by atoms with Crippen LogP contribution in [-0.2, 0) is 16.1 Å². The maximum Gasteiger partial charge on any atom is 0.246 e. The highest BCUT2D eigenvalue weighted by molar-refractivity contribution is 5.77. The fraction of sp³-hybridized carbons (Fsp3) is 0.632. The second kappa shape index (κ2) is 10.4. The Morgan fingerprint density at radius 3 is 2.41 bits per heavy atom. The number of benzene rings is 1. The molecule has 22 heavy (non-hydrogen) atoms. The van der Waals surface area contributed by atoms with Crippen LogP contribution < -0.4 is 5.32 Å². The summed E-state index contributed by atoms with van der Waals surface area (Å²) in [4.78, 5) is 11.6. The molecule has 3 nitrogen and oxygen atoms in total. The molecule has 0 fully saturated rings. The minimum atomic E-state index is -0.0226. The van der Waals surface area contributed by atoms with E-state index in [0.29, 0.717) is 12.0 Å². The van der Waals surface area contributed by atoms with Crippen molar-refractivity contribution in [2.24, 2.45) is 5.41 Å². The van der Waals surface area contributed by atoms with Gasteiger partial charge in [0, 0.05) is 6.54 Å². The van der Waals surface area contributed by atoms with Gasteiger partial charge >= 0.3 is 0 Å². The molecular formula is C19H31NO2. The number of hydrogen-bond donors (Lipinski definition) is 1. The predicted octanol–water partition coefficient (Wildman–Crippen LogP) is 4.32. The van der Waals surface area contributed by atoms with E-state index in [4.69, 9.17) is 4.74 Å². The standard InChI is InChI=1S/C19H31NO2/c1-19(2,3)13-9-4-5-10-14-20-18(21)16-22-15-17-11-7-6-8-12-17/h6-8,11-12H,4-5,9-10,13-16H2,1-3H3,(H,20,21). The summed E-state index contributed by atoms with van der Waals surface area (Å²) in [5.41, 5.74) is 1.53. The minimum absolute atomic E-state index is 0.0226. The van der Waals surface area contributed by atoms with Crippen LogP contribution in [0, 0.1) is 5.41 Å².